The van der Waals surface area contributed by atoms with Crippen LogP contribution in [0.4, 0.5) is 0 Å². The molecule has 0 aromatic rings. The van der Waals surface area contributed by atoms with Crippen molar-refractivity contribution in [1.29, 1.82) is 0 Å². The highest BCUT2D eigenvalue weighted by molar-refractivity contribution is 4.43. The van der Waals surface area contributed by atoms with Gasteiger partial charge in [-0.05, 0) is 12.8 Å². The third-order valence-corrected chi connectivity index (χ3v) is 2.94. The first-order valence-corrected chi connectivity index (χ1v) is 6.63. The van der Waals surface area contributed by atoms with Gasteiger partial charge in [-0.1, -0.05) is 26.2 Å². The fourth-order valence-electron chi connectivity index (χ4n) is 1.73. The molecule has 0 amide bonds. The highest BCUT2D eigenvalue weighted by Crippen LogP contribution is 2.06. The van der Waals surface area contributed by atoms with Gasteiger partial charge in [0.05, 0.1) is 40.5 Å². The summed E-state index contributed by atoms with van der Waals surface area (Å²) in [6.07, 6.45) is 6.72. The number of hydrogen-bond donors (Lipinski definition) is 1. The standard InChI is InChI=1S/C13H30NO2/c1-4-5-6-7-8-9-14(2,3)10-12-16-13-11-15/h15H,4-13H2,1-3H3/q+1. The van der Waals surface area contributed by atoms with E-state index in [9.17, 15) is 0 Å². The van der Waals surface area contributed by atoms with Crippen molar-refractivity contribution in [2.24, 2.45) is 0 Å². The highest BCUT2D eigenvalue weighted by atomic mass is 16.5. The summed E-state index contributed by atoms with van der Waals surface area (Å²) in [5.41, 5.74) is 0. The second-order valence-electron chi connectivity index (χ2n) is 5.13. The first-order valence-electron chi connectivity index (χ1n) is 6.63. The quantitative estimate of drug-likeness (QED) is 0.436. The number of ether oxygens (including phenoxy) is 1. The summed E-state index contributed by atoms with van der Waals surface area (Å²) >= 11 is 0. The summed E-state index contributed by atoms with van der Waals surface area (Å²) in [6, 6.07) is 0. The molecule has 0 atom stereocenters. The normalized spacial score (nSPS) is 12.0. The van der Waals surface area contributed by atoms with Crippen LogP contribution in [0.25, 0.3) is 0 Å². The van der Waals surface area contributed by atoms with Gasteiger partial charge in [-0.3, -0.25) is 0 Å². The molecule has 98 valence electrons. The molecular formula is C13H30NO2+. The smallest absolute Gasteiger partial charge is 0.102 e. The fraction of sp³-hybridized carbons (Fsp3) is 1.00. The van der Waals surface area contributed by atoms with Crippen LogP contribution in [-0.4, -0.2) is 56.6 Å². The number of aliphatic hydroxyl groups excluding tert-OH is 1. The minimum atomic E-state index is 0.129. The molecule has 0 fully saturated rings. The first kappa shape index (κ1) is 15.9. The van der Waals surface area contributed by atoms with Gasteiger partial charge in [0.2, 0.25) is 0 Å². The lowest BCUT2D eigenvalue weighted by atomic mass is 10.1. The molecule has 0 aromatic heterocycles. The summed E-state index contributed by atoms with van der Waals surface area (Å²) in [7, 11) is 4.50. The van der Waals surface area contributed by atoms with E-state index in [2.05, 4.69) is 21.0 Å². The van der Waals surface area contributed by atoms with E-state index in [1.54, 1.807) is 0 Å². The van der Waals surface area contributed by atoms with Gasteiger partial charge < -0.3 is 14.3 Å². The van der Waals surface area contributed by atoms with Gasteiger partial charge in [0.25, 0.3) is 0 Å². The Bertz CT molecular complexity index is 149. The van der Waals surface area contributed by atoms with E-state index in [-0.39, 0.29) is 6.61 Å². The van der Waals surface area contributed by atoms with Gasteiger partial charge in [0.1, 0.15) is 6.54 Å². The van der Waals surface area contributed by atoms with Crippen molar-refractivity contribution < 1.29 is 14.3 Å². The lowest BCUT2D eigenvalue weighted by molar-refractivity contribution is -0.891. The zero-order valence-corrected chi connectivity index (χ0v) is 11.4. The molecule has 0 heterocycles. The Kier molecular flexibility index (Phi) is 9.99. The van der Waals surface area contributed by atoms with Crippen LogP contribution in [0.3, 0.4) is 0 Å². The molecule has 3 nitrogen and oxygen atoms in total. The molecule has 0 radical (unpaired) electrons. The van der Waals surface area contributed by atoms with Crippen molar-refractivity contribution in [2.45, 2.75) is 39.0 Å². The summed E-state index contributed by atoms with van der Waals surface area (Å²) in [6.45, 7) is 5.86. The molecule has 0 saturated carbocycles. The third kappa shape index (κ3) is 10.4. The molecule has 3 heteroatoms. The average molecular weight is 232 g/mol. The zero-order chi connectivity index (χ0) is 12.3. The highest BCUT2D eigenvalue weighted by Gasteiger charge is 2.13. The number of rotatable bonds is 11. The maximum absolute atomic E-state index is 8.59. The van der Waals surface area contributed by atoms with Crippen molar-refractivity contribution in [1.82, 2.24) is 0 Å². The van der Waals surface area contributed by atoms with E-state index >= 15 is 0 Å². The van der Waals surface area contributed by atoms with Crippen molar-refractivity contribution in [2.75, 3.05) is 47.0 Å². The summed E-state index contributed by atoms with van der Waals surface area (Å²) in [5.74, 6) is 0. The van der Waals surface area contributed by atoms with Gasteiger partial charge >= 0.3 is 0 Å². The number of quaternary nitrogens is 1. The van der Waals surface area contributed by atoms with Crippen molar-refractivity contribution in [3.05, 3.63) is 0 Å². The molecule has 0 spiro atoms. The van der Waals surface area contributed by atoms with Crippen LogP contribution in [0.15, 0.2) is 0 Å². The van der Waals surface area contributed by atoms with E-state index in [1.165, 1.54) is 38.6 Å². The minimum absolute atomic E-state index is 0.129. The third-order valence-electron chi connectivity index (χ3n) is 2.94. The number of aliphatic hydroxyl groups is 1. The van der Waals surface area contributed by atoms with Gasteiger partial charge in [-0.15, -0.1) is 0 Å². The van der Waals surface area contributed by atoms with Gasteiger partial charge in [0.15, 0.2) is 0 Å². The predicted molar refractivity (Wildman–Crippen MR) is 68.5 cm³/mol. The van der Waals surface area contributed by atoms with Crippen LogP contribution in [-0.2, 0) is 4.74 Å². The summed E-state index contributed by atoms with van der Waals surface area (Å²) < 4.78 is 6.32. The molecule has 0 aliphatic rings. The van der Waals surface area contributed by atoms with Crippen molar-refractivity contribution in [3.63, 3.8) is 0 Å². The Morgan fingerprint density at radius 3 is 2.25 bits per heavy atom. The number of unbranched alkanes of at least 4 members (excludes halogenated alkanes) is 4. The Balaban J connectivity index is 3.38. The molecule has 0 saturated heterocycles. The monoisotopic (exact) mass is 232 g/mol. The van der Waals surface area contributed by atoms with Crippen LogP contribution in [0.1, 0.15) is 39.0 Å². The lowest BCUT2D eigenvalue weighted by Gasteiger charge is -2.29. The van der Waals surface area contributed by atoms with Crippen LogP contribution >= 0.6 is 0 Å². The molecular weight excluding hydrogens is 202 g/mol. The van der Waals surface area contributed by atoms with Gasteiger partial charge in [-0.2, -0.15) is 0 Å². The lowest BCUT2D eigenvalue weighted by Crippen LogP contribution is -2.43. The molecule has 0 aromatic carbocycles. The number of hydrogen-bond acceptors (Lipinski definition) is 2. The maximum Gasteiger partial charge on any atom is 0.102 e. The first-order chi connectivity index (χ1) is 7.62. The zero-order valence-electron chi connectivity index (χ0n) is 11.4. The minimum Gasteiger partial charge on any atom is -0.394 e. The van der Waals surface area contributed by atoms with E-state index in [4.69, 9.17) is 9.84 Å². The molecule has 0 unspecified atom stereocenters. The fourth-order valence-corrected chi connectivity index (χ4v) is 1.73. The molecule has 0 rings (SSSR count). The molecule has 16 heavy (non-hydrogen) atoms. The molecule has 0 aliphatic heterocycles. The molecule has 0 aliphatic carbocycles. The Labute approximate surface area is 101 Å². The van der Waals surface area contributed by atoms with E-state index < -0.39 is 0 Å². The van der Waals surface area contributed by atoms with Gasteiger partial charge in [0, 0.05) is 0 Å². The van der Waals surface area contributed by atoms with E-state index in [0.717, 1.165) is 17.6 Å². The number of nitrogens with zero attached hydrogens (tertiary/aromatic N) is 1. The number of likely N-dealkylation sites (N-methyl/N-ethyl adjacent to an activating group) is 1. The van der Waals surface area contributed by atoms with Crippen molar-refractivity contribution >= 4 is 0 Å². The molecule has 0 bridgehead atoms. The van der Waals surface area contributed by atoms with Crippen LogP contribution in [0.2, 0.25) is 0 Å². The maximum atomic E-state index is 8.59. The van der Waals surface area contributed by atoms with Crippen LogP contribution < -0.4 is 0 Å². The second-order valence-corrected chi connectivity index (χ2v) is 5.13. The second kappa shape index (κ2) is 10.1. The van der Waals surface area contributed by atoms with Crippen LogP contribution in [0, 0.1) is 0 Å². The molecule has 1 N–H and O–H groups in total. The summed E-state index contributed by atoms with van der Waals surface area (Å²) in [5, 5.41) is 8.59. The van der Waals surface area contributed by atoms with Gasteiger partial charge in [-0.25, -0.2) is 0 Å². The average Bonchev–Trinajstić information content (AvgIpc) is 2.24. The van der Waals surface area contributed by atoms with Crippen molar-refractivity contribution in [3.8, 4) is 0 Å². The van der Waals surface area contributed by atoms with E-state index in [1.807, 2.05) is 0 Å². The topological polar surface area (TPSA) is 29.5 Å². The summed E-state index contributed by atoms with van der Waals surface area (Å²) in [4.78, 5) is 0. The van der Waals surface area contributed by atoms with Crippen LogP contribution in [0.5, 0.6) is 0 Å². The largest absolute Gasteiger partial charge is 0.394 e. The van der Waals surface area contributed by atoms with E-state index in [0.29, 0.717) is 6.61 Å². The Morgan fingerprint density at radius 1 is 0.938 bits per heavy atom. The Hall–Kier alpha value is -0.120. The Morgan fingerprint density at radius 2 is 1.62 bits per heavy atom. The predicted octanol–water partition coefficient (Wildman–Crippen LogP) is 2.04. The SMILES string of the molecule is CCCCCCC[N+](C)(C)CCOCCO.